The zero-order valence-corrected chi connectivity index (χ0v) is 15.9. The van der Waals surface area contributed by atoms with E-state index < -0.39 is 0 Å². The standard InChI is InChI=1S/C19H17BrN4O2/c1-25-17-8-5-13(9-18(17)26-2)15-10-16(12-3-6-14(20)7-4-12)24-19(23-15)21-11-22-24/h3-11,16H,1-2H3,(H,21,22,23). The van der Waals surface area contributed by atoms with Gasteiger partial charge in [0.25, 0.3) is 0 Å². The van der Waals surface area contributed by atoms with Crippen LogP contribution >= 0.6 is 15.9 Å². The van der Waals surface area contributed by atoms with E-state index in [1.165, 1.54) is 0 Å². The van der Waals surface area contributed by atoms with Crippen molar-refractivity contribution in [3.63, 3.8) is 0 Å². The summed E-state index contributed by atoms with van der Waals surface area (Å²) in [6, 6.07) is 14.0. The van der Waals surface area contributed by atoms with Gasteiger partial charge < -0.3 is 14.8 Å². The molecule has 1 aromatic heterocycles. The molecule has 0 spiro atoms. The molecule has 0 amide bonds. The fourth-order valence-electron chi connectivity index (χ4n) is 3.00. The van der Waals surface area contributed by atoms with Crippen LogP contribution in [-0.2, 0) is 0 Å². The van der Waals surface area contributed by atoms with Gasteiger partial charge >= 0.3 is 0 Å². The molecule has 1 aliphatic rings. The number of allylic oxidation sites excluding steroid dienone is 1. The van der Waals surface area contributed by atoms with Crippen molar-refractivity contribution in [1.82, 2.24) is 14.8 Å². The summed E-state index contributed by atoms with van der Waals surface area (Å²) in [6.45, 7) is 0. The van der Waals surface area contributed by atoms with Crippen LogP contribution in [0.4, 0.5) is 5.95 Å². The Kier molecular flexibility index (Phi) is 4.38. The third-order valence-electron chi connectivity index (χ3n) is 4.31. The van der Waals surface area contributed by atoms with Gasteiger partial charge in [-0.3, -0.25) is 0 Å². The Labute approximate surface area is 159 Å². The van der Waals surface area contributed by atoms with Gasteiger partial charge in [-0.2, -0.15) is 10.1 Å². The maximum Gasteiger partial charge on any atom is 0.226 e. The van der Waals surface area contributed by atoms with Crippen LogP contribution in [0.2, 0.25) is 0 Å². The summed E-state index contributed by atoms with van der Waals surface area (Å²) >= 11 is 3.48. The number of hydrogen-bond acceptors (Lipinski definition) is 5. The number of nitrogens with zero attached hydrogens (tertiary/aromatic N) is 3. The Balaban J connectivity index is 1.78. The summed E-state index contributed by atoms with van der Waals surface area (Å²) in [7, 11) is 3.26. The van der Waals surface area contributed by atoms with Gasteiger partial charge in [-0.1, -0.05) is 28.1 Å². The lowest BCUT2D eigenvalue weighted by atomic mass is 10.0. The van der Waals surface area contributed by atoms with Crippen molar-refractivity contribution in [3.8, 4) is 11.5 Å². The van der Waals surface area contributed by atoms with Gasteiger partial charge in [0.05, 0.1) is 14.2 Å². The fourth-order valence-corrected chi connectivity index (χ4v) is 3.27. The van der Waals surface area contributed by atoms with E-state index in [1.807, 2.05) is 35.0 Å². The number of nitrogens with one attached hydrogen (secondary N) is 1. The van der Waals surface area contributed by atoms with Crippen molar-refractivity contribution in [1.29, 1.82) is 0 Å². The number of fused-ring (bicyclic) bond motifs is 1. The molecule has 0 fully saturated rings. The molecule has 1 N–H and O–H groups in total. The molecule has 26 heavy (non-hydrogen) atoms. The molecule has 1 atom stereocenters. The van der Waals surface area contributed by atoms with Gasteiger partial charge in [0.15, 0.2) is 11.5 Å². The zero-order chi connectivity index (χ0) is 18.1. The van der Waals surface area contributed by atoms with Crippen LogP contribution < -0.4 is 14.8 Å². The minimum atomic E-state index is -0.0510. The molecule has 0 saturated carbocycles. The minimum Gasteiger partial charge on any atom is -0.493 e. The molecule has 6 nitrogen and oxygen atoms in total. The van der Waals surface area contributed by atoms with E-state index in [0.717, 1.165) is 21.3 Å². The smallest absolute Gasteiger partial charge is 0.226 e. The Hall–Kier alpha value is -2.80. The lowest BCUT2D eigenvalue weighted by Gasteiger charge is -2.24. The van der Waals surface area contributed by atoms with Crippen molar-refractivity contribution in [2.24, 2.45) is 0 Å². The molecule has 2 heterocycles. The lowest BCUT2D eigenvalue weighted by molar-refractivity contribution is 0.355. The largest absolute Gasteiger partial charge is 0.493 e. The average molecular weight is 413 g/mol. The highest BCUT2D eigenvalue weighted by atomic mass is 79.9. The molecule has 0 aliphatic carbocycles. The molecule has 0 radical (unpaired) electrons. The molecule has 0 bridgehead atoms. The van der Waals surface area contributed by atoms with Crippen LogP contribution in [0, 0.1) is 0 Å². The molecule has 132 valence electrons. The first-order valence-electron chi connectivity index (χ1n) is 8.06. The molecular formula is C19H17BrN4O2. The van der Waals surface area contributed by atoms with Crippen molar-refractivity contribution in [2.45, 2.75) is 6.04 Å². The Bertz CT molecular complexity index is 966. The first-order chi connectivity index (χ1) is 12.7. The van der Waals surface area contributed by atoms with Gasteiger partial charge in [0, 0.05) is 15.7 Å². The molecule has 1 aliphatic heterocycles. The van der Waals surface area contributed by atoms with Gasteiger partial charge in [-0.15, -0.1) is 0 Å². The third-order valence-corrected chi connectivity index (χ3v) is 4.84. The molecule has 2 aromatic carbocycles. The van der Waals surface area contributed by atoms with E-state index in [9.17, 15) is 0 Å². The molecule has 0 saturated heterocycles. The maximum atomic E-state index is 5.43. The van der Waals surface area contributed by atoms with Crippen LogP contribution in [0.3, 0.4) is 0 Å². The highest BCUT2D eigenvalue weighted by Gasteiger charge is 2.23. The van der Waals surface area contributed by atoms with E-state index in [4.69, 9.17) is 9.47 Å². The second-order valence-electron chi connectivity index (χ2n) is 5.80. The molecule has 3 aromatic rings. The maximum absolute atomic E-state index is 5.43. The van der Waals surface area contributed by atoms with Crippen LogP contribution in [0.25, 0.3) is 5.70 Å². The highest BCUT2D eigenvalue weighted by Crippen LogP contribution is 2.35. The number of ether oxygens (including phenoxy) is 2. The fraction of sp³-hybridized carbons (Fsp3) is 0.158. The van der Waals surface area contributed by atoms with Crippen molar-refractivity contribution < 1.29 is 9.47 Å². The van der Waals surface area contributed by atoms with Crippen molar-refractivity contribution >= 4 is 27.6 Å². The summed E-state index contributed by atoms with van der Waals surface area (Å²) in [4.78, 5) is 4.34. The van der Waals surface area contributed by atoms with E-state index in [-0.39, 0.29) is 6.04 Å². The first-order valence-corrected chi connectivity index (χ1v) is 8.85. The van der Waals surface area contributed by atoms with Crippen molar-refractivity contribution in [2.75, 3.05) is 19.5 Å². The van der Waals surface area contributed by atoms with Crippen LogP contribution in [0.1, 0.15) is 17.2 Å². The molecule has 4 rings (SSSR count). The van der Waals surface area contributed by atoms with Gasteiger partial charge in [-0.05, 0) is 42.0 Å². The number of aromatic nitrogens is 3. The van der Waals surface area contributed by atoms with Gasteiger partial charge in [-0.25, -0.2) is 4.68 Å². The zero-order valence-electron chi connectivity index (χ0n) is 14.3. The Morgan fingerprint density at radius 3 is 2.54 bits per heavy atom. The highest BCUT2D eigenvalue weighted by molar-refractivity contribution is 9.10. The Morgan fingerprint density at radius 1 is 1.04 bits per heavy atom. The van der Waals surface area contributed by atoms with Gasteiger partial charge in [0.1, 0.15) is 12.4 Å². The quantitative estimate of drug-likeness (QED) is 0.698. The number of anilines is 1. The number of hydrogen-bond donors (Lipinski definition) is 1. The minimum absolute atomic E-state index is 0.0510. The normalized spacial score (nSPS) is 15.7. The SMILES string of the molecule is COc1ccc(C2=CC(c3ccc(Br)cc3)n3ncnc3N2)cc1OC. The van der Waals surface area contributed by atoms with E-state index in [0.29, 0.717) is 17.4 Å². The number of methoxy groups -OCH3 is 2. The summed E-state index contributed by atoms with van der Waals surface area (Å²) in [5.41, 5.74) is 3.05. The summed E-state index contributed by atoms with van der Waals surface area (Å²) in [5.74, 6) is 2.07. The lowest BCUT2D eigenvalue weighted by Crippen LogP contribution is -2.20. The Morgan fingerprint density at radius 2 is 1.81 bits per heavy atom. The number of rotatable bonds is 4. The molecule has 1 unspecified atom stereocenters. The summed E-state index contributed by atoms with van der Waals surface area (Å²) in [6.07, 6.45) is 3.69. The first kappa shape index (κ1) is 16.7. The van der Waals surface area contributed by atoms with E-state index in [1.54, 1.807) is 20.5 Å². The number of halogens is 1. The van der Waals surface area contributed by atoms with E-state index >= 15 is 0 Å². The second kappa shape index (κ2) is 6.84. The summed E-state index contributed by atoms with van der Waals surface area (Å²) < 4.78 is 13.7. The van der Waals surface area contributed by atoms with E-state index in [2.05, 4.69) is 49.5 Å². The predicted octanol–water partition coefficient (Wildman–Crippen LogP) is 4.11. The molecule has 7 heteroatoms. The number of benzene rings is 2. The predicted molar refractivity (Wildman–Crippen MR) is 103 cm³/mol. The van der Waals surface area contributed by atoms with Crippen LogP contribution in [0.15, 0.2) is 59.3 Å². The van der Waals surface area contributed by atoms with Crippen LogP contribution in [-0.4, -0.2) is 29.0 Å². The monoisotopic (exact) mass is 412 g/mol. The van der Waals surface area contributed by atoms with Gasteiger partial charge in [0.2, 0.25) is 5.95 Å². The van der Waals surface area contributed by atoms with Crippen LogP contribution in [0.5, 0.6) is 11.5 Å². The summed E-state index contributed by atoms with van der Waals surface area (Å²) in [5, 5.41) is 7.71. The average Bonchev–Trinajstić information content (AvgIpc) is 3.16. The molecular weight excluding hydrogens is 396 g/mol. The topological polar surface area (TPSA) is 61.2 Å². The van der Waals surface area contributed by atoms with Crippen molar-refractivity contribution in [3.05, 3.63) is 70.5 Å². The third kappa shape index (κ3) is 2.94. The second-order valence-corrected chi connectivity index (χ2v) is 6.72.